The van der Waals surface area contributed by atoms with Crippen LogP contribution < -0.4 is 10.5 Å². The molecule has 2 fully saturated rings. The van der Waals surface area contributed by atoms with E-state index in [4.69, 9.17) is 12.2 Å². The molecule has 2 aromatic carbocycles. The average molecular weight is 598 g/mol. The number of hydrogen-bond donors (Lipinski definition) is 0. The highest BCUT2D eigenvalue weighted by Crippen LogP contribution is 2.40. The number of aromatic nitrogens is 1. The van der Waals surface area contributed by atoms with Crippen molar-refractivity contribution >= 4 is 46.1 Å². The maximum absolute atomic E-state index is 13.8. The molecule has 0 radical (unpaired) electrons. The SMILES string of the molecule is CCCn1c(N2CCN(Cc3ccccc3)CC2)c(/C=C2/SC(=S)N(C(C)c3ccccc3)C2=O)c(C)c(C#N)c1=O. The summed E-state index contributed by atoms with van der Waals surface area (Å²) in [5.41, 5.74) is 3.45. The van der Waals surface area contributed by atoms with Gasteiger partial charge >= 0.3 is 0 Å². The van der Waals surface area contributed by atoms with Gasteiger partial charge in [0.15, 0.2) is 0 Å². The minimum Gasteiger partial charge on any atom is -0.355 e. The molecule has 42 heavy (non-hydrogen) atoms. The maximum Gasteiger partial charge on any atom is 0.270 e. The van der Waals surface area contributed by atoms with Crippen molar-refractivity contribution in [3.05, 3.63) is 104 Å². The van der Waals surface area contributed by atoms with Crippen molar-refractivity contribution in [2.45, 2.75) is 46.3 Å². The van der Waals surface area contributed by atoms with Crippen LogP contribution in [0, 0.1) is 18.3 Å². The molecular weight excluding hydrogens is 563 g/mol. The molecule has 7 nitrogen and oxygen atoms in total. The normalized spacial score (nSPS) is 17.6. The molecule has 0 N–H and O–H groups in total. The van der Waals surface area contributed by atoms with Gasteiger partial charge in [-0.3, -0.25) is 24.0 Å². The third-order valence-corrected chi connectivity index (χ3v) is 9.31. The van der Waals surface area contributed by atoms with Crippen molar-refractivity contribution < 1.29 is 4.79 Å². The van der Waals surface area contributed by atoms with Crippen molar-refractivity contribution in [1.82, 2.24) is 14.4 Å². The number of benzene rings is 2. The lowest BCUT2D eigenvalue weighted by Crippen LogP contribution is -2.48. The predicted molar refractivity (Wildman–Crippen MR) is 174 cm³/mol. The third-order valence-electron chi connectivity index (χ3n) is 7.98. The number of nitrogens with zero attached hydrogens (tertiary/aromatic N) is 5. The first-order chi connectivity index (χ1) is 20.3. The standard InChI is InChI=1S/C33H35N5O2S2/c1-4-15-37-30(36-18-16-35(17-19-36)22-25-11-7-5-8-12-25)27(23(2)28(21-34)31(37)39)20-29-32(40)38(33(41)42-29)24(3)26-13-9-6-10-14-26/h5-14,20,24H,4,15-19,22H2,1-3H3/b29-20+. The van der Waals surface area contributed by atoms with Gasteiger partial charge in [-0.1, -0.05) is 91.6 Å². The van der Waals surface area contributed by atoms with Gasteiger partial charge in [-0.15, -0.1) is 0 Å². The fraction of sp³-hybridized carbons (Fsp3) is 0.333. The Kier molecular flexibility index (Phi) is 9.27. The van der Waals surface area contributed by atoms with E-state index in [9.17, 15) is 14.9 Å². The van der Waals surface area contributed by atoms with Crippen LogP contribution in [-0.2, 0) is 17.9 Å². The highest BCUT2D eigenvalue weighted by molar-refractivity contribution is 8.26. The van der Waals surface area contributed by atoms with Gasteiger partial charge in [0, 0.05) is 44.8 Å². The molecule has 2 saturated heterocycles. The summed E-state index contributed by atoms with van der Waals surface area (Å²) >= 11 is 6.96. The van der Waals surface area contributed by atoms with Gasteiger partial charge in [0.1, 0.15) is 21.8 Å². The maximum atomic E-state index is 13.8. The first-order valence-corrected chi connectivity index (χ1v) is 15.6. The molecule has 0 aliphatic carbocycles. The summed E-state index contributed by atoms with van der Waals surface area (Å²) < 4.78 is 2.23. The summed E-state index contributed by atoms with van der Waals surface area (Å²) in [6.07, 6.45) is 2.59. The molecule has 216 valence electrons. The number of carbonyl (C=O) groups is 1. The Labute approximate surface area is 257 Å². The minimum absolute atomic E-state index is 0.120. The Morgan fingerprint density at radius 2 is 1.67 bits per heavy atom. The fourth-order valence-electron chi connectivity index (χ4n) is 5.70. The second-order valence-corrected chi connectivity index (χ2v) is 12.4. The third kappa shape index (κ3) is 5.93. The number of anilines is 1. The van der Waals surface area contributed by atoms with Gasteiger partial charge in [-0.25, -0.2) is 0 Å². The highest BCUT2D eigenvalue weighted by atomic mass is 32.2. The number of pyridine rings is 1. The number of piperazine rings is 1. The molecule has 0 spiro atoms. The Hall–Kier alpha value is -3.71. The highest BCUT2D eigenvalue weighted by Gasteiger charge is 2.37. The van der Waals surface area contributed by atoms with Gasteiger partial charge in [0.05, 0.1) is 10.9 Å². The van der Waals surface area contributed by atoms with Gasteiger partial charge in [0.25, 0.3) is 11.5 Å². The van der Waals surface area contributed by atoms with E-state index in [1.807, 2.05) is 63.2 Å². The van der Waals surface area contributed by atoms with Crippen molar-refractivity contribution in [1.29, 1.82) is 5.26 Å². The van der Waals surface area contributed by atoms with Crippen LogP contribution in [0.15, 0.2) is 70.4 Å². The molecule has 2 aliphatic heterocycles. The molecule has 2 aliphatic rings. The Morgan fingerprint density at radius 1 is 1.02 bits per heavy atom. The van der Waals surface area contributed by atoms with Crippen molar-refractivity contribution in [3.8, 4) is 6.07 Å². The molecular formula is C33H35N5O2S2. The van der Waals surface area contributed by atoms with Crippen LogP contribution in [0.25, 0.3) is 6.08 Å². The summed E-state index contributed by atoms with van der Waals surface area (Å²) in [5, 5.41) is 9.98. The molecule has 5 rings (SSSR count). The number of nitriles is 1. The number of thioether (sulfide) groups is 1. The molecule has 3 aromatic rings. The van der Waals surface area contributed by atoms with Crippen molar-refractivity contribution in [2.24, 2.45) is 0 Å². The first kappa shape index (κ1) is 29.8. The van der Waals surface area contributed by atoms with E-state index in [2.05, 4.69) is 40.1 Å². The monoisotopic (exact) mass is 597 g/mol. The molecule has 9 heteroatoms. The number of thiocarbonyl (C=S) groups is 1. The zero-order chi connectivity index (χ0) is 29.8. The van der Waals surface area contributed by atoms with E-state index < -0.39 is 0 Å². The zero-order valence-corrected chi connectivity index (χ0v) is 25.9. The number of hydrogen-bond acceptors (Lipinski definition) is 7. The number of carbonyl (C=O) groups excluding carboxylic acids is 1. The number of amides is 1. The molecule has 0 saturated carbocycles. The predicted octanol–water partition coefficient (Wildman–Crippen LogP) is 5.72. The lowest BCUT2D eigenvalue weighted by Gasteiger charge is -2.38. The molecule has 1 atom stereocenters. The summed E-state index contributed by atoms with van der Waals surface area (Å²) in [6.45, 7) is 10.3. The van der Waals surface area contributed by atoms with Crippen LogP contribution in [0.2, 0.25) is 0 Å². The Morgan fingerprint density at radius 3 is 2.29 bits per heavy atom. The van der Waals surface area contributed by atoms with Crippen LogP contribution in [-0.4, -0.2) is 50.8 Å². The summed E-state index contributed by atoms with van der Waals surface area (Å²) in [7, 11) is 0. The number of rotatable bonds is 8. The quantitative estimate of drug-likeness (QED) is 0.243. The van der Waals surface area contributed by atoms with Crippen molar-refractivity contribution in [2.75, 3.05) is 31.1 Å². The van der Waals surface area contributed by atoms with Crippen LogP contribution >= 0.6 is 24.0 Å². The molecule has 1 aromatic heterocycles. The van der Waals surface area contributed by atoms with E-state index in [1.165, 1.54) is 17.3 Å². The van der Waals surface area contributed by atoms with E-state index >= 15 is 0 Å². The van der Waals surface area contributed by atoms with Crippen LogP contribution in [0.4, 0.5) is 5.82 Å². The van der Waals surface area contributed by atoms with Gasteiger partial charge < -0.3 is 4.90 Å². The lowest BCUT2D eigenvalue weighted by atomic mass is 10.0. The summed E-state index contributed by atoms with van der Waals surface area (Å²) in [4.78, 5) is 34.2. The van der Waals surface area contributed by atoms with Gasteiger partial charge in [0.2, 0.25) is 0 Å². The zero-order valence-electron chi connectivity index (χ0n) is 24.2. The molecule has 0 bridgehead atoms. The smallest absolute Gasteiger partial charge is 0.270 e. The second-order valence-electron chi connectivity index (χ2n) is 10.7. The first-order valence-electron chi connectivity index (χ1n) is 14.3. The second kappa shape index (κ2) is 13.1. The largest absolute Gasteiger partial charge is 0.355 e. The van der Waals surface area contributed by atoms with Crippen LogP contribution in [0.1, 0.15) is 54.1 Å². The van der Waals surface area contributed by atoms with Crippen LogP contribution in [0.3, 0.4) is 0 Å². The molecule has 3 heterocycles. The lowest BCUT2D eigenvalue weighted by molar-refractivity contribution is -0.123. The summed E-state index contributed by atoms with van der Waals surface area (Å²) in [6, 6.07) is 22.2. The average Bonchev–Trinajstić information content (AvgIpc) is 3.29. The van der Waals surface area contributed by atoms with E-state index in [1.54, 1.807) is 9.47 Å². The van der Waals surface area contributed by atoms with Gasteiger partial charge in [-0.2, -0.15) is 5.26 Å². The van der Waals surface area contributed by atoms with E-state index in [0.29, 0.717) is 21.3 Å². The topological polar surface area (TPSA) is 72.6 Å². The van der Waals surface area contributed by atoms with Crippen molar-refractivity contribution in [3.63, 3.8) is 0 Å². The van der Waals surface area contributed by atoms with E-state index in [0.717, 1.165) is 56.1 Å². The summed E-state index contributed by atoms with van der Waals surface area (Å²) in [5.74, 6) is 0.616. The van der Waals surface area contributed by atoms with Gasteiger partial charge in [-0.05, 0) is 43.0 Å². The minimum atomic E-state index is -0.277. The Bertz CT molecular complexity index is 1600. The Balaban J connectivity index is 1.52. The van der Waals surface area contributed by atoms with E-state index in [-0.39, 0.29) is 23.1 Å². The van der Waals surface area contributed by atoms with Crippen LogP contribution in [0.5, 0.6) is 0 Å². The fourth-order valence-corrected chi connectivity index (χ4v) is 7.10. The molecule has 1 amide bonds. The molecule has 1 unspecified atom stereocenters.